The topological polar surface area (TPSA) is 28.2 Å². The van der Waals surface area contributed by atoms with Crippen molar-refractivity contribution in [3.63, 3.8) is 0 Å². The van der Waals surface area contributed by atoms with Crippen LogP contribution in [-0.4, -0.2) is 43.1 Å². The molecule has 0 saturated carbocycles. The van der Waals surface area contributed by atoms with Crippen LogP contribution < -0.4 is 5.32 Å². The highest BCUT2D eigenvalue weighted by molar-refractivity contribution is 5.08. The summed E-state index contributed by atoms with van der Waals surface area (Å²) < 4.78 is 0. The lowest BCUT2D eigenvalue weighted by Crippen LogP contribution is -2.36. The second-order valence-corrected chi connectivity index (χ2v) is 4.13. The molecule has 0 spiro atoms. The van der Waals surface area contributed by atoms with Gasteiger partial charge in [0.05, 0.1) is 0 Å². The SMILES string of the molecule is CC(CNCCc1cccnc1)N(C)C. The van der Waals surface area contributed by atoms with Crippen molar-refractivity contribution in [2.45, 2.75) is 19.4 Å². The van der Waals surface area contributed by atoms with Gasteiger partial charge in [0.1, 0.15) is 0 Å². The van der Waals surface area contributed by atoms with E-state index in [-0.39, 0.29) is 0 Å². The molecule has 1 rings (SSSR count). The Balaban J connectivity index is 2.12. The molecule has 1 heterocycles. The lowest BCUT2D eigenvalue weighted by atomic mass is 10.2. The number of likely N-dealkylation sites (N-methyl/N-ethyl adjacent to an activating group) is 1. The van der Waals surface area contributed by atoms with Crippen LogP contribution in [0.3, 0.4) is 0 Å². The fourth-order valence-electron chi connectivity index (χ4n) is 1.27. The van der Waals surface area contributed by atoms with Crippen molar-refractivity contribution in [3.05, 3.63) is 30.1 Å². The fraction of sp³-hybridized carbons (Fsp3) is 0.583. The van der Waals surface area contributed by atoms with Crippen LogP contribution in [0.15, 0.2) is 24.5 Å². The molecule has 1 aromatic rings. The Morgan fingerprint density at radius 1 is 1.47 bits per heavy atom. The van der Waals surface area contributed by atoms with E-state index in [9.17, 15) is 0 Å². The number of hydrogen-bond acceptors (Lipinski definition) is 3. The lowest BCUT2D eigenvalue weighted by Gasteiger charge is -2.19. The van der Waals surface area contributed by atoms with E-state index in [0.717, 1.165) is 19.5 Å². The monoisotopic (exact) mass is 207 g/mol. The quantitative estimate of drug-likeness (QED) is 0.710. The molecule has 0 aliphatic rings. The predicted octanol–water partition coefficient (Wildman–Crippen LogP) is 1.16. The summed E-state index contributed by atoms with van der Waals surface area (Å²) >= 11 is 0. The number of hydrogen-bond donors (Lipinski definition) is 1. The smallest absolute Gasteiger partial charge is 0.0300 e. The van der Waals surface area contributed by atoms with Crippen molar-refractivity contribution in [3.8, 4) is 0 Å². The minimum atomic E-state index is 0.582. The molecule has 1 unspecified atom stereocenters. The zero-order valence-corrected chi connectivity index (χ0v) is 9.90. The summed E-state index contributed by atoms with van der Waals surface area (Å²) in [6.45, 7) is 4.27. The van der Waals surface area contributed by atoms with Gasteiger partial charge in [0.15, 0.2) is 0 Å². The molecular weight excluding hydrogens is 186 g/mol. The Morgan fingerprint density at radius 3 is 2.87 bits per heavy atom. The van der Waals surface area contributed by atoms with E-state index >= 15 is 0 Å². The van der Waals surface area contributed by atoms with Gasteiger partial charge in [-0.15, -0.1) is 0 Å². The van der Waals surface area contributed by atoms with E-state index in [0.29, 0.717) is 6.04 Å². The maximum atomic E-state index is 4.09. The molecule has 1 aromatic heterocycles. The third kappa shape index (κ3) is 4.91. The molecule has 0 bridgehead atoms. The van der Waals surface area contributed by atoms with E-state index in [2.05, 4.69) is 42.3 Å². The Morgan fingerprint density at radius 2 is 2.27 bits per heavy atom. The number of pyridine rings is 1. The summed E-state index contributed by atoms with van der Waals surface area (Å²) in [5, 5.41) is 3.45. The number of rotatable bonds is 6. The average molecular weight is 207 g/mol. The summed E-state index contributed by atoms with van der Waals surface area (Å²) in [5.74, 6) is 0. The maximum Gasteiger partial charge on any atom is 0.0300 e. The maximum absolute atomic E-state index is 4.09. The molecule has 0 radical (unpaired) electrons. The zero-order chi connectivity index (χ0) is 11.1. The van der Waals surface area contributed by atoms with Crippen LogP contribution in [-0.2, 0) is 6.42 Å². The third-order valence-electron chi connectivity index (χ3n) is 2.63. The van der Waals surface area contributed by atoms with Crippen molar-refractivity contribution < 1.29 is 0 Å². The second-order valence-electron chi connectivity index (χ2n) is 4.13. The summed E-state index contributed by atoms with van der Waals surface area (Å²) in [6, 6.07) is 4.68. The van der Waals surface area contributed by atoms with E-state index < -0.39 is 0 Å². The summed E-state index contributed by atoms with van der Waals surface area (Å²) in [6.07, 6.45) is 4.79. The van der Waals surface area contributed by atoms with E-state index in [1.165, 1.54) is 5.56 Å². The second kappa shape index (κ2) is 6.53. The first-order valence-corrected chi connectivity index (χ1v) is 5.46. The van der Waals surface area contributed by atoms with Crippen LogP contribution in [0.25, 0.3) is 0 Å². The standard InChI is InChI=1S/C12H21N3/c1-11(15(2)3)9-14-8-6-12-5-4-7-13-10-12/h4-5,7,10-11,14H,6,8-9H2,1-3H3. The number of nitrogens with zero attached hydrogens (tertiary/aromatic N) is 2. The normalized spacial score (nSPS) is 13.1. The van der Waals surface area contributed by atoms with Crippen LogP contribution in [0.2, 0.25) is 0 Å². The van der Waals surface area contributed by atoms with Crippen molar-refractivity contribution in [2.75, 3.05) is 27.2 Å². The molecule has 0 aliphatic heterocycles. The first-order valence-electron chi connectivity index (χ1n) is 5.46. The third-order valence-corrected chi connectivity index (χ3v) is 2.63. The van der Waals surface area contributed by atoms with Crippen LogP contribution in [0.5, 0.6) is 0 Å². The molecular formula is C12H21N3. The van der Waals surface area contributed by atoms with E-state index in [1.54, 1.807) is 0 Å². The molecule has 15 heavy (non-hydrogen) atoms. The Kier molecular flexibility index (Phi) is 5.29. The van der Waals surface area contributed by atoms with Gasteiger partial charge in [0, 0.05) is 25.0 Å². The number of nitrogens with one attached hydrogen (secondary N) is 1. The molecule has 84 valence electrons. The molecule has 0 saturated heterocycles. The predicted molar refractivity (Wildman–Crippen MR) is 64.0 cm³/mol. The summed E-state index contributed by atoms with van der Waals surface area (Å²) in [5.41, 5.74) is 1.29. The number of aromatic nitrogens is 1. The Hall–Kier alpha value is -0.930. The van der Waals surface area contributed by atoms with Crippen molar-refractivity contribution >= 4 is 0 Å². The van der Waals surface area contributed by atoms with Gasteiger partial charge in [-0.1, -0.05) is 6.07 Å². The fourth-order valence-corrected chi connectivity index (χ4v) is 1.27. The minimum absolute atomic E-state index is 0.582. The van der Waals surface area contributed by atoms with Crippen LogP contribution in [0.1, 0.15) is 12.5 Å². The largest absolute Gasteiger partial charge is 0.315 e. The summed E-state index contributed by atoms with van der Waals surface area (Å²) in [7, 11) is 4.21. The average Bonchev–Trinajstić information content (AvgIpc) is 2.25. The Labute approximate surface area is 92.5 Å². The first-order chi connectivity index (χ1) is 7.20. The Bertz CT molecular complexity index is 259. The van der Waals surface area contributed by atoms with Gasteiger partial charge in [-0.05, 0) is 45.6 Å². The highest BCUT2D eigenvalue weighted by Crippen LogP contribution is 1.95. The van der Waals surface area contributed by atoms with Gasteiger partial charge in [-0.3, -0.25) is 4.98 Å². The van der Waals surface area contributed by atoms with Gasteiger partial charge in [0.25, 0.3) is 0 Å². The molecule has 3 heteroatoms. The molecule has 0 fully saturated rings. The van der Waals surface area contributed by atoms with Crippen LogP contribution in [0.4, 0.5) is 0 Å². The molecule has 0 aromatic carbocycles. The zero-order valence-electron chi connectivity index (χ0n) is 9.90. The molecule has 0 amide bonds. The van der Waals surface area contributed by atoms with E-state index in [1.807, 2.05) is 18.5 Å². The van der Waals surface area contributed by atoms with Gasteiger partial charge in [0.2, 0.25) is 0 Å². The van der Waals surface area contributed by atoms with Crippen molar-refractivity contribution in [1.29, 1.82) is 0 Å². The molecule has 1 N–H and O–H groups in total. The van der Waals surface area contributed by atoms with Gasteiger partial charge < -0.3 is 10.2 Å². The van der Waals surface area contributed by atoms with Crippen molar-refractivity contribution in [1.82, 2.24) is 15.2 Å². The minimum Gasteiger partial charge on any atom is -0.315 e. The van der Waals surface area contributed by atoms with Crippen LogP contribution in [0, 0.1) is 0 Å². The highest BCUT2D eigenvalue weighted by Gasteiger charge is 2.02. The molecule has 3 nitrogen and oxygen atoms in total. The van der Waals surface area contributed by atoms with Gasteiger partial charge in [-0.25, -0.2) is 0 Å². The van der Waals surface area contributed by atoms with E-state index in [4.69, 9.17) is 0 Å². The van der Waals surface area contributed by atoms with Gasteiger partial charge in [-0.2, -0.15) is 0 Å². The van der Waals surface area contributed by atoms with Gasteiger partial charge >= 0.3 is 0 Å². The highest BCUT2D eigenvalue weighted by atomic mass is 15.1. The lowest BCUT2D eigenvalue weighted by molar-refractivity contribution is 0.303. The van der Waals surface area contributed by atoms with Crippen LogP contribution >= 0.6 is 0 Å². The molecule has 0 aliphatic carbocycles. The summed E-state index contributed by atoms with van der Waals surface area (Å²) in [4.78, 5) is 6.31. The first kappa shape index (κ1) is 12.1. The van der Waals surface area contributed by atoms with Crippen molar-refractivity contribution in [2.24, 2.45) is 0 Å². The molecule has 1 atom stereocenters.